The lowest BCUT2D eigenvalue weighted by atomic mass is 10.1. The lowest BCUT2D eigenvalue weighted by Gasteiger charge is -2.16. The average Bonchev–Trinajstić information content (AvgIpc) is 2.49. The van der Waals surface area contributed by atoms with Gasteiger partial charge in [0, 0.05) is 4.47 Å². The molecule has 0 saturated heterocycles. The van der Waals surface area contributed by atoms with Crippen molar-refractivity contribution in [2.24, 2.45) is 0 Å². The molecule has 0 aliphatic carbocycles. The van der Waals surface area contributed by atoms with Crippen molar-refractivity contribution in [1.29, 1.82) is 10.5 Å². The molecule has 0 amide bonds. The van der Waals surface area contributed by atoms with Gasteiger partial charge in [0.2, 0.25) is 0 Å². The maximum absolute atomic E-state index is 9.23. The number of halogens is 4. The lowest BCUT2D eigenvalue weighted by molar-refractivity contribution is 0.475. The van der Waals surface area contributed by atoms with Crippen molar-refractivity contribution in [1.82, 2.24) is 0 Å². The molecule has 0 radical (unpaired) electrons. The molecule has 2 aromatic rings. The summed E-state index contributed by atoms with van der Waals surface area (Å²) < 4.78 is 6.76. The van der Waals surface area contributed by atoms with Crippen molar-refractivity contribution >= 4 is 50.7 Å². The number of nitriles is 2. The highest BCUT2D eigenvalue weighted by Crippen LogP contribution is 2.46. The number of benzene rings is 2. The van der Waals surface area contributed by atoms with Crippen LogP contribution in [0.4, 0.5) is 0 Å². The Labute approximate surface area is 157 Å². The fraction of sp³-hybridized carbons (Fsp3) is 0.125. The number of ether oxygens (including phenoxy) is 1. The van der Waals surface area contributed by atoms with Gasteiger partial charge in [-0.2, -0.15) is 10.5 Å². The molecule has 0 N–H and O–H groups in total. The Morgan fingerprint density at radius 2 is 1.35 bits per heavy atom. The largest absolute Gasteiger partial charge is 0.454 e. The van der Waals surface area contributed by atoms with E-state index >= 15 is 0 Å². The normalized spacial score (nSPS) is 10.1. The van der Waals surface area contributed by atoms with Gasteiger partial charge in [0.1, 0.15) is 27.9 Å². The molecule has 116 valence electrons. The molecule has 0 aliphatic rings. The van der Waals surface area contributed by atoms with E-state index in [1.807, 2.05) is 38.1 Å². The second kappa shape index (κ2) is 6.99. The number of rotatable bonds is 2. The zero-order chi connectivity index (χ0) is 17.3. The van der Waals surface area contributed by atoms with Crippen LogP contribution in [0.3, 0.4) is 0 Å². The van der Waals surface area contributed by atoms with Gasteiger partial charge < -0.3 is 4.74 Å². The molecule has 23 heavy (non-hydrogen) atoms. The van der Waals surface area contributed by atoms with Crippen LogP contribution in [-0.4, -0.2) is 0 Å². The second-order valence-corrected chi connectivity index (χ2v) is 6.77. The molecule has 0 unspecified atom stereocenters. The second-order valence-electron chi connectivity index (χ2n) is 4.72. The summed E-state index contributed by atoms with van der Waals surface area (Å²) in [5.41, 5.74) is 1.57. The number of hydrogen-bond donors (Lipinski definition) is 0. The van der Waals surface area contributed by atoms with Gasteiger partial charge in [-0.1, -0.05) is 50.7 Å². The van der Waals surface area contributed by atoms with Gasteiger partial charge in [0.05, 0.1) is 16.1 Å². The Morgan fingerprint density at radius 3 is 1.83 bits per heavy atom. The fourth-order valence-electron chi connectivity index (χ4n) is 2.10. The van der Waals surface area contributed by atoms with Crippen molar-refractivity contribution in [3.05, 3.63) is 53.9 Å². The first-order valence-electron chi connectivity index (χ1n) is 6.27. The Hall–Kier alpha value is -1.43. The quantitative estimate of drug-likeness (QED) is 0.507. The van der Waals surface area contributed by atoms with Crippen LogP contribution in [0.25, 0.3) is 0 Å². The third-order valence-corrected chi connectivity index (χ3v) is 4.79. The minimum Gasteiger partial charge on any atom is -0.454 e. The van der Waals surface area contributed by atoms with Crippen LogP contribution in [0, 0.1) is 36.5 Å². The molecule has 0 fully saturated rings. The topological polar surface area (TPSA) is 56.8 Å². The molecule has 0 bridgehead atoms. The monoisotopic (exact) mass is 428 g/mol. The van der Waals surface area contributed by atoms with Crippen LogP contribution >= 0.6 is 50.7 Å². The van der Waals surface area contributed by atoms with E-state index in [9.17, 15) is 5.26 Å². The van der Waals surface area contributed by atoms with E-state index in [-0.39, 0.29) is 31.9 Å². The van der Waals surface area contributed by atoms with E-state index < -0.39 is 0 Å². The number of nitrogens with zero attached hydrogens (tertiary/aromatic N) is 2. The Bertz CT molecular complexity index is 875. The average molecular weight is 431 g/mol. The van der Waals surface area contributed by atoms with Crippen LogP contribution < -0.4 is 4.74 Å². The first kappa shape index (κ1) is 17.9. The van der Waals surface area contributed by atoms with E-state index in [0.717, 1.165) is 15.6 Å². The molecule has 7 heteroatoms. The summed E-state index contributed by atoms with van der Waals surface area (Å²) in [6.07, 6.45) is 0. The van der Waals surface area contributed by atoms with Gasteiger partial charge in [-0.05, 0) is 37.1 Å². The minimum absolute atomic E-state index is 0.00562. The van der Waals surface area contributed by atoms with Crippen LogP contribution in [0.2, 0.25) is 15.1 Å². The lowest BCUT2D eigenvalue weighted by Crippen LogP contribution is -1.97. The highest BCUT2D eigenvalue weighted by Gasteiger charge is 2.24. The maximum Gasteiger partial charge on any atom is 0.167 e. The first-order chi connectivity index (χ1) is 10.8. The van der Waals surface area contributed by atoms with Crippen LogP contribution in [0.1, 0.15) is 22.3 Å². The zero-order valence-corrected chi connectivity index (χ0v) is 15.8. The van der Waals surface area contributed by atoms with Crippen molar-refractivity contribution in [2.75, 3.05) is 0 Å². The van der Waals surface area contributed by atoms with E-state index in [1.54, 1.807) is 0 Å². The standard InChI is InChI=1S/C16H8BrCl3N2O/c1-7-3-9(17)4-8(2)15(7)23-16-13(19)11(6-22)10(5-21)12(18)14(16)20/h3-4H,1-2H3. The Balaban J connectivity index is 2.70. The third kappa shape index (κ3) is 3.27. The molecule has 0 spiro atoms. The summed E-state index contributed by atoms with van der Waals surface area (Å²) in [7, 11) is 0. The molecular weight excluding hydrogens is 422 g/mol. The Kier molecular flexibility index (Phi) is 5.45. The predicted molar refractivity (Wildman–Crippen MR) is 94.6 cm³/mol. The van der Waals surface area contributed by atoms with Gasteiger partial charge in [0.15, 0.2) is 5.75 Å². The molecule has 2 aromatic carbocycles. The summed E-state index contributed by atoms with van der Waals surface area (Å²) >= 11 is 21.9. The van der Waals surface area contributed by atoms with E-state index in [0.29, 0.717) is 5.75 Å². The predicted octanol–water partition coefficient (Wildman–Crippen LogP) is 6.56. The molecule has 0 aliphatic heterocycles. The minimum atomic E-state index is -0.0687. The SMILES string of the molecule is Cc1cc(Br)cc(C)c1Oc1c(Cl)c(Cl)c(C#N)c(C#N)c1Cl. The summed E-state index contributed by atoms with van der Waals surface area (Å²) in [6, 6.07) is 7.45. The van der Waals surface area contributed by atoms with Crippen molar-refractivity contribution < 1.29 is 4.74 Å². The number of hydrogen-bond acceptors (Lipinski definition) is 3. The highest BCUT2D eigenvalue weighted by molar-refractivity contribution is 9.10. The van der Waals surface area contributed by atoms with Gasteiger partial charge in [-0.3, -0.25) is 0 Å². The smallest absolute Gasteiger partial charge is 0.167 e. The summed E-state index contributed by atoms with van der Waals surface area (Å²) in [6.45, 7) is 3.73. The first-order valence-corrected chi connectivity index (χ1v) is 8.19. The number of aryl methyl sites for hydroxylation is 2. The Morgan fingerprint density at radius 1 is 0.870 bits per heavy atom. The summed E-state index contributed by atoms with van der Waals surface area (Å²) in [5.74, 6) is 0.615. The van der Waals surface area contributed by atoms with E-state index in [1.165, 1.54) is 0 Å². The summed E-state index contributed by atoms with van der Waals surface area (Å²) in [5, 5.41) is 18.3. The van der Waals surface area contributed by atoms with Gasteiger partial charge in [-0.25, -0.2) is 0 Å². The molecule has 0 saturated carbocycles. The molecule has 0 atom stereocenters. The molecule has 2 rings (SSSR count). The van der Waals surface area contributed by atoms with Crippen LogP contribution in [0.5, 0.6) is 11.5 Å². The van der Waals surface area contributed by atoms with Gasteiger partial charge in [0.25, 0.3) is 0 Å². The van der Waals surface area contributed by atoms with Crippen molar-refractivity contribution in [3.63, 3.8) is 0 Å². The van der Waals surface area contributed by atoms with E-state index in [2.05, 4.69) is 15.9 Å². The van der Waals surface area contributed by atoms with Crippen molar-refractivity contribution in [3.8, 4) is 23.6 Å². The van der Waals surface area contributed by atoms with Crippen molar-refractivity contribution in [2.45, 2.75) is 13.8 Å². The zero-order valence-electron chi connectivity index (χ0n) is 12.0. The maximum atomic E-state index is 9.23. The highest BCUT2D eigenvalue weighted by atomic mass is 79.9. The molecule has 0 aromatic heterocycles. The van der Waals surface area contributed by atoms with Crippen LogP contribution in [-0.2, 0) is 0 Å². The van der Waals surface area contributed by atoms with Gasteiger partial charge in [-0.15, -0.1) is 0 Å². The molecule has 3 nitrogen and oxygen atoms in total. The van der Waals surface area contributed by atoms with E-state index in [4.69, 9.17) is 44.8 Å². The third-order valence-electron chi connectivity index (χ3n) is 3.13. The fourth-order valence-corrected chi connectivity index (χ4v) is 3.55. The van der Waals surface area contributed by atoms with Gasteiger partial charge >= 0.3 is 0 Å². The molecular formula is C16H8BrCl3N2O. The molecule has 0 heterocycles. The van der Waals surface area contributed by atoms with Crippen LogP contribution in [0.15, 0.2) is 16.6 Å². The summed E-state index contributed by atoms with van der Waals surface area (Å²) in [4.78, 5) is 0.